The van der Waals surface area contributed by atoms with Crippen molar-refractivity contribution in [3.05, 3.63) is 54.1 Å². The molecule has 4 aliphatic rings. The van der Waals surface area contributed by atoms with Gasteiger partial charge in [0, 0.05) is 63.9 Å². The zero-order valence-corrected chi connectivity index (χ0v) is 29.3. The molecule has 1 aromatic carbocycles. The number of ketones is 1. The van der Waals surface area contributed by atoms with E-state index < -0.39 is 100 Å². The summed E-state index contributed by atoms with van der Waals surface area (Å²) in [6, 6.07) is 9.03. The molecule has 3 saturated carbocycles. The van der Waals surface area contributed by atoms with E-state index in [2.05, 4.69) is 6.58 Å². The van der Waals surface area contributed by atoms with Gasteiger partial charge in [0.2, 0.25) is 0 Å². The number of aliphatic hydroxyl groups is 1. The number of Topliss-reactive ketones (excluding diaryl/α,β-unsaturated/α-hetero) is 1. The average Bonchev–Trinajstić information content (AvgIpc) is 3.17. The van der Waals surface area contributed by atoms with Crippen LogP contribution in [0.3, 0.4) is 0 Å². The monoisotopic (exact) mass is 696 g/mol. The molecule has 0 aromatic heterocycles. The lowest BCUT2D eigenvalue weighted by atomic mass is 9.44. The highest BCUT2D eigenvalue weighted by atomic mass is 16.6. The fraction of sp³-hybridized carbons (Fsp3) is 0.568. The van der Waals surface area contributed by atoms with Crippen molar-refractivity contribution in [2.45, 2.75) is 103 Å². The molecule has 4 bridgehead atoms. The quantitative estimate of drug-likeness (QED) is 0.191. The van der Waals surface area contributed by atoms with E-state index in [1.54, 1.807) is 44.2 Å². The van der Waals surface area contributed by atoms with E-state index >= 15 is 0 Å². The standard InChI is InChI=1S/C37H44O13/c1-19-26(50-29(43)15-14-24-12-10-9-11-13-24)17-28(46-20(2)38)35(7)30(19)31(47-21(3)39)25-16-27(42)36(8)37(44,34(25,6)18-45-36)33(49-23(5)41)32(35)48-22(4)40/h9-15,25-26,28,30-33,44H,1,16-18H2,2-8H3/t25-,26-,28-,30-,31+,32-,33-,34-,35+,36+,37-/m0/s1. The Labute approximate surface area is 290 Å². The SMILES string of the molecule is C=C1[C@@H](OC(=O)C=Cc2ccccc2)C[C@H](OC(C)=O)[C@@]2(C)[C@@H](OC(C)=O)[C@H](OC(C)=O)[C@]3(O)[C@@]4(C)CO[C@]3(C)C(=O)C[C@H]4[C@@H](OC(C)=O)[C@H]12. The van der Waals surface area contributed by atoms with Crippen molar-refractivity contribution in [1.82, 2.24) is 0 Å². The molecular weight excluding hydrogens is 652 g/mol. The molecule has 0 spiro atoms. The summed E-state index contributed by atoms with van der Waals surface area (Å²) in [6.07, 6.45) is -4.76. The van der Waals surface area contributed by atoms with Crippen LogP contribution in [0.15, 0.2) is 48.6 Å². The molecular formula is C37H44O13. The fourth-order valence-corrected chi connectivity index (χ4v) is 8.98. The molecule has 1 N–H and O–H groups in total. The lowest BCUT2D eigenvalue weighted by molar-refractivity contribution is -0.295. The molecule has 11 atom stereocenters. The van der Waals surface area contributed by atoms with E-state index in [4.69, 9.17) is 28.4 Å². The maximum atomic E-state index is 14.1. The summed E-state index contributed by atoms with van der Waals surface area (Å²) in [7, 11) is 0. The van der Waals surface area contributed by atoms with E-state index in [1.807, 2.05) is 6.07 Å². The second kappa shape index (κ2) is 13.1. The van der Waals surface area contributed by atoms with Gasteiger partial charge < -0.3 is 33.5 Å². The van der Waals surface area contributed by atoms with Crippen LogP contribution in [0.4, 0.5) is 0 Å². The number of carbonyl (C=O) groups is 6. The van der Waals surface area contributed by atoms with Crippen LogP contribution >= 0.6 is 0 Å². The Hall–Kier alpha value is -4.36. The van der Waals surface area contributed by atoms with Crippen LogP contribution in [-0.4, -0.2) is 89.1 Å². The van der Waals surface area contributed by atoms with Crippen molar-refractivity contribution >= 4 is 41.7 Å². The maximum Gasteiger partial charge on any atom is 0.331 e. The van der Waals surface area contributed by atoms with Gasteiger partial charge in [-0.2, -0.15) is 0 Å². The van der Waals surface area contributed by atoms with Crippen molar-refractivity contribution < 1.29 is 62.3 Å². The van der Waals surface area contributed by atoms with Gasteiger partial charge in [-0.15, -0.1) is 0 Å². The number of fused-ring (bicyclic) bond motifs is 1. The third kappa shape index (κ3) is 5.73. The molecule has 3 aliphatic carbocycles. The largest absolute Gasteiger partial charge is 0.462 e. The lowest BCUT2D eigenvalue weighted by Crippen LogP contribution is -2.80. The normalized spacial score (nSPS) is 39.0. The van der Waals surface area contributed by atoms with Crippen LogP contribution in [0.1, 0.15) is 66.9 Å². The Morgan fingerprint density at radius 1 is 0.860 bits per heavy atom. The van der Waals surface area contributed by atoms with Gasteiger partial charge in [0.05, 0.1) is 12.0 Å². The summed E-state index contributed by atoms with van der Waals surface area (Å²) < 4.78 is 35.9. The Bertz CT molecular complexity index is 1630. The number of benzene rings is 1. The van der Waals surface area contributed by atoms with E-state index in [0.29, 0.717) is 0 Å². The minimum atomic E-state index is -2.36. The maximum absolute atomic E-state index is 14.1. The van der Waals surface area contributed by atoms with Gasteiger partial charge in [-0.3, -0.25) is 24.0 Å². The molecule has 0 unspecified atom stereocenters. The lowest BCUT2D eigenvalue weighted by Gasteiger charge is -2.64. The van der Waals surface area contributed by atoms with Crippen molar-refractivity contribution in [1.29, 1.82) is 0 Å². The highest BCUT2D eigenvalue weighted by Gasteiger charge is 2.82. The average molecular weight is 697 g/mol. The summed E-state index contributed by atoms with van der Waals surface area (Å²) in [4.78, 5) is 78.9. The summed E-state index contributed by atoms with van der Waals surface area (Å²) in [6.45, 7) is 13.3. The first-order valence-corrected chi connectivity index (χ1v) is 16.5. The van der Waals surface area contributed by atoms with Crippen LogP contribution in [0, 0.1) is 22.7 Å². The van der Waals surface area contributed by atoms with Crippen LogP contribution in [0.2, 0.25) is 0 Å². The molecule has 1 aliphatic heterocycles. The molecule has 0 amide bonds. The zero-order valence-electron chi connectivity index (χ0n) is 29.3. The van der Waals surface area contributed by atoms with Crippen molar-refractivity contribution in [3.8, 4) is 0 Å². The third-order valence-corrected chi connectivity index (χ3v) is 11.3. The number of rotatable bonds is 7. The second-order valence-electron chi connectivity index (χ2n) is 14.3. The minimum Gasteiger partial charge on any atom is -0.462 e. The Morgan fingerprint density at radius 2 is 1.44 bits per heavy atom. The van der Waals surface area contributed by atoms with E-state index in [9.17, 15) is 33.9 Å². The second-order valence-corrected chi connectivity index (χ2v) is 14.3. The molecule has 0 radical (unpaired) electrons. The molecule has 1 heterocycles. The van der Waals surface area contributed by atoms with Crippen molar-refractivity contribution in [2.24, 2.45) is 22.7 Å². The summed E-state index contributed by atoms with van der Waals surface area (Å²) in [5, 5.41) is 13.0. The Balaban J connectivity index is 1.76. The number of carbonyl (C=O) groups excluding carboxylic acids is 6. The van der Waals surface area contributed by atoms with Crippen LogP contribution < -0.4 is 0 Å². The summed E-state index contributed by atoms with van der Waals surface area (Å²) in [5.41, 5.74) is -6.51. The van der Waals surface area contributed by atoms with Crippen LogP contribution in [-0.2, 0) is 57.2 Å². The fourth-order valence-electron chi connectivity index (χ4n) is 8.98. The molecule has 13 nitrogen and oxygen atoms in total. The van der Waals surface area contributed by atoms with Gasteiger partial charge in [-0.1, -0.05) is 50.8 Å². The number of hydrogen-bond donors (Lipinski definition) is 1. The van der Waals surface area contributed by atoms with E-state index in [0.717, 1.165) is 19.4 Å². The van der Waals surface area contributed by atoms with Gasteiger partial charge in [-0.05, 0) is 24.1 Å². The molecule has 270 valence electrons. The van der Waals surface area contributed by atoms with Gasteiger partial charge in [-0.25, -0.2) is 4.79 Å². The van der Waals surface area contributed by atoms with Gasteiger partial charge >= 0.3 is 29.8 Å². The molecule has 1 aromatic rings. The Kier molecular flexibility index (Phi) is 9.65. The summed E-state index contributed by atoms with van der Waals surface area (Å²) in [5.74, 6) is -6.69. The van der Waals surface area contributed by atoms with Gasteiger partial charge in [0.1, 0.15) is 23.9 Å². The number of hydrogen-bond acceptors (Lipinski definition) is 13. The molecule has 13 heteroatoms. The van der Waals surface area contributed by atoms with E-state index in [-0.39, 0.29) is 25.0 Å². The summed E-state index contributed by atoms with van der Waals surface area (Å²) >= 11 is 0. The number of esters is 5. The van der Waals surface area contributed by atoms with Crippen molar-refractivity contribution in [3.63, 3.8) is 0 Å². The molecule has 1 saturated heterocycles. The first-order valence-electron chi connectivity index (χ1n) is 16.5. The minimum absolute atomic E-state index is 0.194. The molecule has 4 fully saturated rings. The highest BCUT2D eigenvalue weighted by molar-refractivity contribution is 5.91. The predicted molar refractivity (Wildman–Crippen MR) is 173 cm³/mol. The number of ether oxygens (including phenoxy) is 6. The first kappa shape index (κ1) is 36.9. The first-order chi connectivity index (χ1) is 23.3. The highest BCUT2D eigenvalue weighted by Crippen LogP contribution is 2.67. The smallest absolute Gasteiger partial charge is 0.331 e. The topological polar surface area (TPSA) is 178 Å². The van der Waals surface area contributed by atoms with Gasteiger partial charge in [0.15, 0.2) is 23.6 Å². The third-order valence-electron chi connectivity index (χ3n) is 11.3. The van der Waals surface area contributed by atoms with E-state index in [1.165, 1.54) is 26.8 Å². The van der Waals surface area contributed by atoms with Gasteiger partial charge in [0.25, 0.3) is 0 Å². The molecule has 5 rings (SSSR count). The Morgan fingerprint density at radius 3 is 2.02 bits per heavy atom. The predicted octanol–water partition coefficient (Wildman–Crippen LogP) is 3.05. The van der Waals surface area contributed by atoms with Crippen molar-refractivity contribution in [2.75, 3.05) is 6.61 Å². The molecule has 50 heavy (non-hydrogen) atoms. The zero-order chi connectivity index (χ0) is 37.0. The van der Waals surface area contributed by atoms with Crippen LogP contribution in [0.5, 0.6) is 0 Å². The van der Waals surface area contributed by atoms with Crippen LogP contribution in [0.25, 0.3) is 6.08 Å².